The SMILES string of the molecule is CC(C)(C)NC(=O)c1ncccc1CCc1ccccc1Cl. The normalized spacial score (nSPS) is 11.3. The van der Waals surface area contributed by atoms with Crippen LogP contribution in [0.3, 0.4) is 0 Å². The van der Waals surface area contributed by atoms with Gasteiger partial charge in [0, 0.05) is 16.8 Å². The molecular weight excluding hydrogens is 296 g/mol. The maximum Gasteiger partial charge on any atom is 0.270 e. The van der Waals surface area contributed by atoms with Crippen molar-refractivity contribution in [3.8, 4) is 0 Å². The molecule has 0 aliphatic rings. The van der Waals surface area contributed by atoms with Gasteiger partial charge in [0.1, 0.15) is 5.69 Å². The van der Waals surface area contributed by atoms with Crippen LogP contribution >= 0.6 is 11.6 Å². The summed E-state index contributed by atoms with van der Waals surface area (Å²) in [6.07, 6.45) is 3.15. The molecule has 1 aromatic carbocycles. The van der Waals surface area contributed by atoms with Crippen LogP contribution in [0.4, 0.5) is 0 Å². The molecule has 0 saturated carbocycles. The molecule has 2 rings (SSSR count). The molecule has 3 nitrogen and oxygen atoms in total. The van der Waals surface area contributed by atoms with Crippen LogP contribution in [-0.2, 0) is 12.8 Å². The number of carbonyl (C=O) groups is 1. The van der Waals surface area contributed by atoms with Gasteiger partial charge in [-0.2, -0.15) is 0 Å². The van der Waals surface area contributed by atoms with Crippen LogP contribution in [0.15, 0.2) is 42.6 Å². The molecule has 2 aromatic rings. The van der Waals surface area contributed by atoms with E-state index in [2.05, 4.69) is 10.3 Å². The molecular formula is C18H21ClN2O. The van der Waals surface area contributed by atoms with Gasteiger partial charge in [-0.3, -0.25) is 9.78 Å². The smallest absolute Gasteiger partial charge is 0.270 e. The van der Waals surface area contributed by atoms with Gasteiger partial charge in [-0.15, -0.1) is 0 Å². The number of rotatable bonds is 4. The molecule has 0 aliphatic heterocycles. The van der Waals surface area contributed by atoms with E-state index in [4.69, 9.17) is 11.6 Å². The molecule has 1 N–H and O–H groups in total. The van der Waals surface area contributed by atoms with E-state index in [-0.39, 0.29) is 11.4 Å². The van der Waals surface area contributed by atoms with Gasteiger partial charge in [-0.25, -0.2) is 0 Å². The minimum atomic E-state index is -0.283. The molecule has 0 aliphatic carbocycles. The minimum absolute atomic E-state index is 0.137. The number of nitrogens with one attached hydrogen (secondary N) is 1. The summed E-state index contributed by atoms with van der Waals surface area (Å²) >= 11 is 6.19. The lowest BCUT2D eigenvalue weighted by Gasteiger charge is -2.21. The average Bonchev–Trinajstić information content (AvgIpc) is 2.45. The number of aryl methyl sites for hydroxylation is 2. The molecule has 0 radical (unpaired) electrons. The highest BCUT2D eigenvalue weighted by Crippen LogP contribution is 2.18. The highest BCUT2D eigenvalue weighted by Gasteiger charge is 2.18. The van der Waals surface area contributed by atoms with Gasteiger partial charge in [0.15, 0.2) is 0 Å². The van der Waals surface area contributed by atoms with Crippen molar-refractivity contribution in [1.29, 1.82) is 0 Å². The van der Waals surface area contributed by atoms with Gasteiger partial charge in [-0.1, -0.05) is 35.9 Å². The maximum absolute atomic E-state index is 12.4. The molecule has 0 bridgehead atoms. The maximum atomic E-state index is 12.4. The Hall–Kier alpha value is -1.87. The van der Waals surface area contributed by atoms with Crippen molar-refractivity contribution in [1.82, 2.24) is 10.3 Å². The first-order valence-corrected chi connectivity index (χ1v) is 7.74. The second-order valence-corrected chi connectivity index (χ2v) is 6.71. The summed E-state index contributed by atoms with van der Waals surface area (Å²) in [6, 6.07) is 11.6. The number of halogens is 1. The molecule has 4 heteroatoms. The van der Waals surface area contributed by atoms with Crippen molar-refractivity contribution in [2.45, 2.75) is 39.2 Å². The van der Waals surface area contributed by atoms with Crippen molar-refractivity contribution in [2.24, 2.45) is 0 Å². The average molecular weight is 317 g/mol. The number of carbonyl (C=O) groups excluding carboxylic acids is 1. The monoisotopic (exact) mass is 316 g/mol. The van der Waals surface area contributed by atoms with Crippen molar-refractivity contribution < 1.29 is 4.79 Å². The van der Waals surface area contributed by atoms with E-state index < -0.39 is 0 Å². The van der Waals surface area contributed by atoms with Gasteiger partial charge in [0.05, 0.1) is 0 Å². The van der Waals surface area contributed by atoms with Crippen LogP contribution in [-0.4, -0.2) is 16.4 Å². The van der Waals surface area contributed by atoms with Crippen molar-refractivity contribution in [3.05, 3.63) is 64.4 Å². The molecule has 1 amide bonds. The third-order valence-electron chi connectivity index (χ3n) is 3.22. The molecule has 1 aromatic heterocycles. The summed E-state index contributed by atoms with van der Waals surface area (Å²) in [4.78, 5) is 16.6. The van der Waals surface area contributed by atoms with Crippen LogP contribution in [0.2, 0.25) is 5.02 Å². The lowest BCUT2D eigenvalue weighted by atomic mass is 10.0. The fourth-order valence-electron chi connectivity index (χ4n) is 2.22. The Morgan fingerprint density at radius 1 is 1.09 bits per heavy atom. The predicted molar refractivity (Wildman–Crippen MR) is 90.3 cm³/mol. The molecule has 0 spiro atoms. The summed E-state index contributed by atoms with van der Waals surface area (Å²) in [5.74, 6) is -0.137. The lowest BCUT2D eigenvalue weighted by Crippen LogP contribution is -2.41. The zero-order valence-corrected chi connectivity index (χ0v) is 13.9. The fourth-order valence-corrected chi connectivity index (χ4v) is 2.45. The molecule has 116 valence electrons. The van der Waals surface area contributed by atoms with Crippen molar-refractivity contribution in [3.63, 3.8) is 0 Å². The van der Waals surface area contributed by atoms with Crippen LogP contribution in [0, 0.1) is 0 Å². The third kappa shape index (κ3) is 4.57. The number of aromatic nitrogens is 1. The Morgan fingerprint density at radius 3 is 2.41 bits per heavy atom. The predicted octanol–water partition coefficient (Wildman–Crippen LogP) is 4.05. The number of benzene rings is 1. The molecule has 0 atom stereocenters. The fraction of sp³-hybridized carbons (Fsp3) is 0.333. The van der Waals surface area contributed by atoms with E-state index in [1.54, 1.807) is 6.20 Å². The summed E-state index contributed by atoms with van der Waals surface area (Å²) in [5.41, 5.74) is 2.22. The zero-order valence-electron chi connectivity index (χ0n) is 13.2. The molecule has 22 heavy (non-hydrogen) atoms. The van der Waals surface area contributed by atoms with E-state index in [1.807, 2.05) is 57.2 Å². The highest BCUT2D eigenvalue weighted by atomic mass is 35.5. The van der Waals surface area contributed by atoms with Crippen molar-refractivity contribution in [2.75, 3.05) is 0 Å². The Bertz CT molecular complexity index is 662. The van der Waals surface area contributed by atoms with Gasteiger partial charge in [0.2, 0.25) is 0 Å². The summed E-state index contributed by atoms with van der Waals surface area (Å²) < 4.78 is 0. The van der Waals surface area contributed by atoms with E-state index in [1.165, 1.54) is 0 Å². The number of hydrogen-bond donors (Lipinski definition) is 1. The van der Waals surface area contributed by atoms with Gasteiger partial charge >= 0.3 is 0 Å². The number of pyridine rings is 1. The number of hydrogen-bond acceptors (Lipinski definition) is 2. The Kier molecular flexibility index (Phi) is 5.19. The minimum Gasteiger partial charge on any atom is -0.346 e. The zero-order chi connectivity index (χ0) is 16.2. The number of amides is 1. The van der Waals surface area contributed by atoms with E-state index in [0.29, 0.717) is 5.69 Å². The van der Waals surface area contributed by atoms with Gasteiger partial charge < -0.3 is 5.32 Å². The van der Waals surface area contributed by atoms with E-state index >= 15 is 0 Å². The second kappa shape index (κ2) is 6.93. The summed E-state index contributed by atoms with van der Waals surface area (Å²) in [7, 11) is 0. The van der Waals surface area contributed by atoms with E-state index in [9.17, 15) is 4.79 Å². The first-order valence-electron chi connectivity index (χ1n) is 7.36. The standard InChI is InChI=1S/C18H21ClN2O/c1-18(2,3)21-17(22)16-14(8-6-12-20-16)11-10-13-7-4-5-9-15(13)19/h4-9,12H,10-11H2,1-3H3,(H,21,22). The first kappa shape index (κ1) is 16.5. The molecule has 0 unspecified atom stereocenters. The highest BCUT2D eigenvalue weighted by molar-refractivity contribution is 6.31. The number of nitrogens with zero attached hydrogens (tertiary/aromatic N) is 1. The van der Waals surface area contributed by atoms with Crippen LogP contribution in [0.1, 0.15) is 42.4 Å². The Balaban J connectivity index is 2.15. The van der Waals surface area contributed by atoms with Crippen LogP contribution < -0.4 is 5.32 Å². The molecule has 0 saturated heterocycles. The summed E-state index contributed by atoms with van der Waals surface area (Å²) in [5, 5.41) is 3.71. The Morgan fingerprint density at radius 2 is 1.73 bits per heavy atom. The van der Waals surface area contributed by atoms with Crippen LogP contribution in [0.25, 0.3) is 0 Å². The Labute approximate surface area is 136 Å². The van der Waals surface area contributed by atoms with Gasteiger partial charge in [0.25, 0.3) is 5.91 Å². The topological polar surface area (TPSA) is 42.0 Å². The largest absolute Gasteiger partial charge is 0.346 e. The third-order valence-corrected chi connectivity index (χ3v) is 3.59. The lowest BCUT2D eigenvalue weighted by molar-refractivity contribution is 0.0913. The first-order chi connectivity index (χ1) is 10.4. The van der Waals surface area contributed by atoms with Gasteiger partial charge in [-0.05, 0) is 56.9 Å². The molecule has 0 fully saturated rings. The summed E-state index contributed by atoms with van der Waals surface area (Å²) in [6.45, 7) is 5.87. The van der Waals surface area contributed by atoms with Crippen molar-refractivity contribution >= 4 is 17.5 Å². The molecule has 1 heterocycles. The second-order valence-electron chi connectivity index (χ2n) is 6.31. The quantitative estimate of drug-likeness (QED) is 0.924. The van der Waals surface area contributed by atoms with E-state index in [0.717, 1.165) is 29.0 Å². The van der Waals surface area contributed by atoms with Crippen LogP contribution in [0.5, 0.6) is 0 Å².